The van der Waals surface area contributed by atoms with E-state index in [9.17, 15) is 4.79 Å². The van der Waals surface area contributed by atoms with Crippen molar-refractivity contribution in [2.24, 2.45) is 0 Å². The monoisotopic (exact) mass is 344 g/mol. The molecule has 0 atom stereocenters. The molecule has 0 spiro atoms. The van der Waals surface area contributed by atoms with Gasteiger partial charge in [-0.2, -0.15) is 0 Å². The summed E-state index contributed by atoms with van der Waals surface area (Å²) in [5, 5.41) is 1.06. The highest BCUT2D eigenvalue weighted by atomic mass is 35.5. The first-order chi connectivity index (χ1) is 10.0. The number of hydrogen-bond acceptors (Lipinski definition) is 3. The summed E-state index contributed by atoms with van der Waals surface area (Å²) in [4.78, 5) is 10.8. The molecule has 2 rings (SSSR count). The standard InChI is InChI=1S/C15H11Cl3O3/c1-20-14-3-2-9(7-19)4-10(14)8-21-15-6-12(17)11(16)5-13(15)18/h2-7H,8H2,1H3. The molecular formula is C15H11Cl3O3. The van der Waals surface area contributed by atoms with Crippen LogP contribution < -0.4 is 9.47 Å². The van der Waals surface area contributed by atoms with E-state index in [1.165, 1.54) is 6.07 Å². The van der Waals surface area contributed by atoms with Gasteiger partial charge in [-0.3, -0.25) is 4.79 Å². The zero-order valence-electron chi connectivity index (χ0n) is 11.0. The minimum Gasteiger partial charge on any atom is -0.496 e. The fourth-order valence-electron chi connectivity index (χ4n) is 1.76. The zero-order chi connectivity index (χ0) is 15.4. The highest BCUT2D eigenvalue weighted by molar-refractivity contribution is 6.43. The van der Waals surface area contributed by atoms with Crippen LogP contribution in [-0.4, -0.2) is 13.4 Å². The third-order valence-electron chi connectivity index (χ3n) is 2.80. The quantitative estimate of drug-likeness (QED) is 0.562. The molecule has 0 saturated carbocycles. The lowest BCUT2D eigenvalue weighted by atomic mass is 10.1. The lowest BCUT2D eigenvalue weighted by Gasteiger charge is -2.12. The summed E-state index contributed by atoms with van der Waals surface area (Å²) in [5.74, 6) is 1.03. The van der Waals surface area contributed by atoms with E-state index in [1.807, 2.05) is 0 Å². The Hall–Kier alpha value is -1.42. The van der Waals surface area contributed by atoms with Crippen LogP contribution in [0.4, 0.5) is 0 Å². The van der Waals surface area contributed by atoms with Crippen LogP contribution in [0.1, 0.15) is 15.9 Å². The van der Waals surface area contributed by atoms with Crippen molar-refractivity contribution < 1.29 is 14.3 Å². The van der Waals surface area contributed by atoms with Crippen molar-refractivity contribution in [2.45, 2.75) is 6.61 Å². The smallest absolute Gasteiger partial charge is 0.150 e. The van der Waals surface area contributed by atoms with Gasteiger partial charge in [-0.15, -0.1) is 0 Å². The van der Waals surface area contributed by atoms with Crippen LogP contribution >= 0.6 is 34.8 Å². The highest BCUT2D eigenvalue weighted by Gasteiger charge is 2.10. The predicted octanol–water partition coefficient (Wildman–Crippen LogP) is 5.05. The Morgan fingerprint density at radius 1 is 1.00 bits per heavy atom. The molecule has 0 fully saturated rings. The number of hydrogen-bond donors (Lipinski definition) is 0. The van der Waals surface area contributed by atoms with Crippen LogP contribution in [0.2, 0.25) is 15.1 Å². The third-order valence-corrected chi connectivity index (χ3v) is 3.82. The molecule has 2 aromatic carbocycles. The lowest BCUT2D eigenvalue weighted by Crippen LogP contribution is -2.00. The molecule has 2 aromatic rings. The fraction of sp³-hybridized carbons (Fsp3) is 0.133. The minimum absolute atomic E-state index is 0.183. The number of halogens is 3. The molecule has 0 aliphatic rings. The summed E-state index contributed by atoms with van der Waals surface area (Å²) in [5.41, 5.74) is 1.26. The average Bonchev–Trinajstić information content (AvgIpc) is 2.49. The van der Waals surface area contributed by atoms with Gasteiger partial charge in [0.2, 0.25) is 0 Å². The van der Waals surface area contributed by atoms with Gasteiger partial charge in [-0.05, 0) is 24.3 Å². The Labute approximate surface area is 137 Å². The summed E-state index contributed by atoms with van der Waals surface area (Å²) in [6.45, 7) is 0.183. The molecular weight excluding hydrogens is 335 g/mol. The van der Waals surface area contributed by atoms with Gasteiger partial charge in [0.1, 0.15) is 24.4 Å². The van der Waals surface area contributed by atoms with Crippen molar-refractivity contribution in [3.63, 3.8) is 0 Å². The van der Waals surface area contributed by atoms with Crippen LogP contribution in [-0.2, 0) is 6.61 Å². The normalized spacial score (nSPS) is 10.3. The molecule has 21 heavy (non-hydrogen) atoms. The molecule has 0 saturated heterocycles. The Morgan fingerprint density at radius 3 is 2.38 bits per heavy atom. The molecule has 0 N–H and O–H groups in total. The van der Waals surface area contributed by atoms with Gasteiger partial charge in [0.05, 0.1) is 22.2 Å². The summed E-state index contributed by atoms with van der Waals surface area (Å²) < 4.78 is 10.9. The molecule has 3 nitrogen and oxygen atoms in total. The largest absolute Gasteiger partial charge is 0.496 e. The van der Waals surface area contributed by atoms with E-state index in [-0.39, 0.29) is 6.61 Å². The van der Waals surface area contributed by atoms with Crippen molar-refractivity contribution >= 4 is 41.1 Å². The molecule has 0 unspecified atom stereocenters. The Balaban J connectivity index is 2.23. The van der Waals surface area contributed by atoms with E-state index in [0.29, 0.717) is 32.1 Å². The van der Waals surface area contributed by atoms with Crippen molar-refractivity contribution in [1.29, 1.82) is 0 Å². The summed E-state index contributed by atoms with van der Waals surface area (Å²) in [6, 6.07) is 8.12. The van der Waals surface area contributed by atoms with Gasteiger partial charge >= 0.3 is 0 Å². The molecule has 110 valence electrons. The average molecular weight is 346 g/mol. The third kappa shape index (κ3) is 3.82. The Bertz CT molecular complexity index is 671. The predicted molar refractivity (Wildman–Crippen MR) is 84.2 cm³/mol. The van der Waals surface area contributed by atoms with Gasteiger partial charge in [0.15, 0.2) is 0 Å². The van der Waals surface area contributed by atoms with Crippen LogP contribution in [0.15, 0.2) is 30.3 Å². The van der Waals surface area contributed by atoms with E-state index in [0.717, 1.165) is 11.8 Å². The van der Waals surface area contributed by atoms with Gasteiger partial charge in [0.25, 0.3) is 0 Å². The van der Waals surface area contributed by atoms with Crippen LogP contribution in [0.3, 0.4) is 0 Å². The van der Waals surface area contributed by atoms with Crippen molar-refractivity contribution in [3.8, 4) is 11.5 Å². The van der Waals surface area contributed by atoms with E-state index >= 15 is 0 Å². The molecule has 0 aromatic heterocycles. The summed E-state index contributed by atoms with van der Waals surface area (Å²) in [7, 11) is 1.55. The zero-order valence-corrected chi connectivity index (χ0v) is 13.3. The molecule has 0 aliphatic carbocycles. The van der Waals surface area contributed by atoms with Crippen LogP contribution in [0.5, 0.6) is 11.5 Å². The maximum Gasteiger partial charge on any atom is 0.150 e. The maximum absolute atomic E-state index is 10.8. The first-order valence-corrected chi connectivity index (χ1v) is 7.08. The van der Waals surface area contributed by atoms with E-state index in [1.54, 1.807) is 31.4 Å². The molecule has 0 amide bonds. The van der Waals surface area contributed by atoms with Gasteiger partial charge < -0.3 is 9.47 Å². The van der Waals surface area contributed by atoms with E-state index in [4.69, 9.17) is 44.3 Å². The highest BCUT2D eigenvalue weighted by Crippen LogP contribution is 2.34. The van der Waals surface area contributed by atoms with Crippen molar-refractivity contribution in [1.82, 2.24) is 0 Å². The Morgan fingerprint density at radius 2 is 1.71 bits per heavy atom. The number of methoxy groups -OCH3 is 1. The lowest BCUT2D eigenvalue weighted by molar-refractivity contribution is 0.112. The number of carbonyl (C=O) groups is 1. The minimum atomic E-state index is 0.183. The SMILES string of the molecule is COc1ccc(C=O)cc1COc1cc(Cl)c(Cl)cc1Cl. The van der Waals surface area contributed by atoms with E-state index < -0.39 is 0 Å². The van der Waals surface area contributed by atoms with Gasteiger partial charge in [-0.25, -0.2) is 0 Å². The first kappa shape index (κ1) is 16.0. The summed E-state index contributed by atoms with van der Waals surface area (Å²) in [6.07, 6.45) is 0.759. The topological polar surface area (TPSA) is 35.5 Å². The molecule has 6 heteroatoms. The number of aldehydes is 1. The number of ether oxygens (including phenoxy) is 2. The molecule has 0 heterocycles. The first-order valence-electron chi connectivity index (χ1n) is 5.94. The second-order valence-corrected chi connectivity index (χ2v) is 5.40. The van der Waals surface area contributed by atoms with Crippen molar-refractivity contribution in [3.05, 3.63) is 56.5 Å². The van der Waals surface area contributed by atoms with Crippen LogP contribution in [0, 0.1) is 0 Å². The number of carbonyl (C=O) groups excluding carboxylic acids is 1. The second-order valence-electron chi connectivity index (χ2n) is 4.17. The summed E-state index contributed by atoms with van der Waals surface area (Å²) >= 11 is 17.8. The number of rotatable bonds is 5. The van der Waals surface area contributed by atoms with Crippen molar-refractivity contribution in [2.75, 3.05) is 7.11 Å². The maximum atomic E-state index is 10.8. The van der Waals surface area contributed by atoms with Crippen LogP contribution in [0.25, 0.3) is 0 Å². The Kier molecular flexibility index (Phi) is 5.34. The molecule has 0 aliphatic heterocycles. The van der Waals surface area contributed by atoms with Gasteiger partial charge in [-0.1, -0.05) is 34.8 Å². The second kappa shape index (κ2) is 7.03. The number of benzene rings is 2. The van der Waals surface area contributed by atoms with E-state index in [2.05, 4.69) is 0 Å². The fourth-order valence-corrected chi connectivity index (χ4v) is 2.35. The van der Waals surface area contributed by atoms with Gasteiger partial charge in [0, 0.05) is 17.2 Å². The molecule has 0 radical (unpaired) electrons. The molecule has 0 bridgehead atoms.